The summed E-state index contributed by atoms with van der Waals surface area (Å²) < 4.78 is 64.6. The molecule has 0 atom stereocenters. The van der Waals surface area contributed by atoms with E-state index in [-0.39, 0.29) is 17.7 Å². The Kier molecular flexibility index (Phi) is 5.23. The maximum absolute atomic E-state index is 13.9. The van der Waals surface area contributed by atoms with Gasteiger partial charge in [0.05, 0.1) is 5.56 Å². The molecule has 0 spiro atoms. The van der Waals surface area contributed by atoms with Gasteiger partial charge in [-0.3, -0.25) is 4.79 Å². The second-order valence-corrected chi connectivity index (χ2v) is 8.45. The molecule has 1 aliphatic rings. The third-order valence-electron chi connectivity index (χ3n) is 4.57. The molecule has 1 aromatic carbocycles. The Bertz CT molecular complexity index is 964. The van der Waals surface area contributed by atoms with Gasteiger partial charge in [0.15, 0.2) is 15.6 Å². The number of nitrogens with zero attached hydrogens (tertiary/aromatic N) is 2. The van der Waals surface area contributed by atoms with E-state index < -0.39 is 44.6 Å². The van der Waals surface area contributed by atoms with Gasteiger partial charge in [0.2, 0.25) is 0 Å². The molecule has 2 heterocycles. The molecule has 1 fully saturated rings. The molecule has 144 valence electrons. The van der Waals surface area contributed by atoms with Crippen molar-refractivity contribution in [2.24, 2.45) is 5.92 Å². The number of hydrogen-bond acceptors (Lipinski definition) is 5. The molecule has 1 aromatic heterocycles. The third-order valence-corrected chi connectivity index (χ3v) is 5.69. The van der Waals surface area contributed by atoms with E-state index in [1.54, 1.807) is 4.90 Å². The van der Waals surface area contributed by atoms with E-state index in [9.17, 15) is 26.4 Å². The highest BCUT2D eigenvalue weighted by Crippen LogP contribution is 2.30. The topological polar surface area (TPSA) is 67.3 Å². The summed E-state index contributed by atoms with van der Waals surface area (Å²) in [6, 6.07) is 3.95. The number of Topliss-reactive ketones (excluding diaryl/α,β-unsaturated/α-hetero) is 1. The Morgan fingerprint density at radius 2 is 1.74 bits per heavy atom. The smallest absolute Gasteiger partial charge is 0.179 e. The predicted molar refractivity (Wildman–Crippen MR) is 92.9 cm³/mol. The minimum absolute atomic E-state index is 0.0883. The highest BCUT2D eigenvalue weighted by atomic mass is 32.2. The third kappa shape index (κ3) is 3.97. The first-order valence-electron chi connectivity index (χ1n) is 8.27. The Hall–Kier alpha value is -2.42. The summed E-state index contributed by atoms with van der Waals surface area (Å²) in [6.45, 7) is 0.612. The van der Waals surface area contributed by atoms with Gasteiger partial charge in [-0.25, -0.2) is 26.6 Å². The number of piperidine rings is 1. The van der Waals surface area contributed by atoms with Crippen LogP contribution >= 0.6 is 0 Å². The van der Waals surface area contributed by atoms with Crippen LogP contribution in [0.3, 0.4) is 0 Å². The zero-order chi connectivity index (χ0) is 19.8. The molecule has 2 aromatic rings. The average Bonchev–Trinajstić information content (AvgIpc) is 2.60. The number of benzene rings is 1. The fourth-order valence-corrected chi connectivity index (χ4v) is 4.08. The molecule has 0 unspecified atom stereocenters. The van der Waals surface area contributed by atoms with E-state index in [1.807, 2.05) is 0 Å². The van der Waals surface area contributed by atoms with Crippen LogP contribution in [-0.2, 0) is 9.84 Å². The Morgan fingerprint density at radius 3 is 2.30 bits per heavy atom. The van der Waals surface area contributed by atoms with Crippen LogP contribution in [0.25, 0.3) is 0 Å². The summed E-state index contributed by atoms with van der Waals surface area (Å²) in [4.78, 5) is 18.4. The van der Waals surface area contributed by atoms with Gasteiger partial charge in [-0.05, 0) is 25.0 Å². The molecule has 0 radical (unpaired) electrons. The number of ketones is 1. The van der Waals surface area contributed by atoms with E-state index in [4.69, 9.17) is 0 Å². The maximum Gasteiger partial charge on any atom is 0.179 e. The summed E-state index contributed by atoms with van der Waals surface area (Å²) in [5.41, 5.74) is -0.732. The lowest BCUT2D eigenvalue weighted by Crippen LogP contribution is -2.38. The van der Waals surface area contributed by atoms with Gasteiger partial charge in [0, 0.05) is 43.6 Å². The summed E-state index contributed by atoms with van der Waals surface area (Å²) >= 11 is 0. The quantitative estimate of drug-likeness (QED) is 0.741. The number of carbonyl (C=O) groups is 1. The number of hydrogen-bond donors (Lipinski definition) is 0. The van der Waals surface area contributed by atoms with Gasteiger partial charge in [-0.1, -0.05) is 0 Å². The largest absolute Gasteiger partial charge is 0.355 e. The lowest BCUT2D eigenvalue weighted by molar-refractivity contribution is 0.0891. The lowest BCUT2D eigenvalue weighted by Gasteiger charge is -2.33. The van der Waals surface area contributed by atoms with Crippen molar-refractivity contribution >= 4 is 21.4 Å². The molecule has 1 saturated heterocycles. The molecule has 1 aliphatic heterocycles. The van der Waals surface area contributed by atoms with Crippen LogP contribution in [0.2, 0.25) is 0 Å². The molecule has 5 nitrogen and oxygen atoms in total. The van der Waals surface area contributed by atoms with Gasteiger partial charge < -0.3 is 4.90 Å². The summed E-state index contributed by atoms with van der Waals surface area (Å²) in [5.74, 6) is -4.58. The second-order valence-electron chi connectivity index (χ2n) is 6.47. The van der Waals surface area contributed by atoms with Gasteiger partial charge in [0.1, 0.15) is 28.2 Å². The Labute approximate surface area is 154 Å². The van der Waals surface area contributed by atoms with Crippen molar-refractivity contribution in [2.45, 2.75) is 17.7 Å². The van der Waals surface area contributed by atoms with Crippen LogP contribution in [0.15, 0.2) is 35.4 Å². The average molecular weight is 398 g/mol. The van der Waals surface area contributed by atoms with Crippen LogP contribution in [0.5, 0.6) is 0 Å². The number of anilines is 1. The number of halogens is 3. The van der Waals surface area contributed by atoms with Gasteiger partial charge in [-0.15, -0.1) is 0 Å². The fraction of sp³-hybridized carbons (Fsp3) is 0.333. The molecular weight excluding hydrogens is 381 g/mol. The van der Waals surface area contributed by atoms with Crippen molar-refractivity contribution in [1.29, 1.82) is 0 Å². The van der Waals surface area contributed by atoms with Crippen molar-refractivity contribution < 1.29 is 26.4 Å². The molecule has 9 heteroatoms. The van der Waals surface area contributed by atoms with Crippen LogP contribution < -0.4 is 4.90 Å². The first-order valence-corrected chi connectivity index (χ1v) is 10.2. The SMILES string of the molecule is CS(=O)(=O)c1cccnc1N1CCC(C(=O)c2c(F)cc(F)cc2F)CC1. The maximum atomic E-state index is 13.9. The standard InChI is InChI=1S/C18H17F3N2O3S/c1-27(25,26)15-3-2-6-22-18(15)23-7-4-11(5-8-23)17(24)16-13(20)9-12(19)10-14(16)21/h2-3,6,9-11H,4-5,7-8H2,1H3. The lowest BCUT2D eigenvalue weighted by atomic mass is 9.88. The zero-order valence-corrected chi connectivity index (χ0v) is 15.3. The first kappa shape index (κ1) is 19.3. The van der Waals surface area contributed by atoms with Crippen molar-refractivity contribution in [3.63, 3.8) is 0 Å². The van der Waals surface area contributed by atoms with Crippen LogP contribution in [0.4, 0.5) is 19.0 Å². The second kappa shape index (κ2) is 7.30. The normalized spacial score (nSPS) is 15.8. The minimum Gasteiger partial charge on any atom is -0.355 e. The zero-order valence-electron chi connectivity index (χ0n) is 14.5. The molecule has 0 saturated carbocycles. The summed E-state index contributed by atoms with van der Waals surface area (Å²) in [6.07, 6.45) is 3.11. The van der Waals surface area contributed by atoms with E-state index in [2.05, 4.69) is 4.98 Å². The van der Waals surface area contributed by atoms with E-state index in [1.165, 1.54) is 18.3 Å². The van der Waals surface area contributed by atoms with E-state index in [0.717, 1.165) is 6.26 Å². The molecule has 27 heavy (non-hydrogen) atoms. The van der Waals surface area contributed by atoms with E-state index in [0.29, 0.717) is 31.0 Å². The summed E-state index contributed by atoms with van der Waals surface area (Å²) in [7, 11) is -3.48. The molecular formula is C18H17F3N2O3S. The molecule has 3 rings (SSSR count). The number of pyridine rings is 1. The van der Waals surface area contributed by atoms with Crippen LogP contribution in [0.1, 0.15) is 23.2 Å². The number of aromatic nitrogens is 1. The predicted octanol–water partition coefficient (Wildman–Crippen LogP) is 3.00. The molecule has 0 bridgehead atoms. The Morgan fingerprint density at radius 1 is 1.15 bits per heavy atom. The molecule has 0 aliphatic carbocycles. The minimum atomic E-state index is -3.48. The van der Waals surface area contributed by atoms with E-state index >= 15 is 0 Å². The van der Waals surface area contributed by atoms with Crippen LogP contribution in [0, 0.1) is 23.4 Å². The fourth-order valence-electron chi connectivity index (χ4n) is 3.24. The molecule has 0 amide bonds. The van der Waals surface area contributed by atoms with Crippen molar-refractivity contribution in [2.75, 3.05) is 24.2 Å². The van der Waals surface area contributed by atoms with Crippen molar-refractivity contribution in [3.8, 4) is 0 Å². The van der Waals surface area contributed by atoms with Gasteiger partial charge in [0.25, 0.3) is 0 Å². The molecule has 0 N–H and O–H groups in total. The van der Waals surface area contributed by atoms with Gasteiger partial charge >= 0.3 is 0 Å². The summed E-state index contributed by atoms with van der Waals surface area (Å²) in [5, 5.41) is 0. The van der Waals surface area contributed by atoms with Crippen molar-refractivity contribution in [1.82, 2.24) is 4.98 Å². The highest BCUT2D eigenvalue weighted by Gasteiger charge is 2.31. The van der Waals surface area contributed by atoms with Crippen molar-refractivity contribution in [3.05, 3.63) is 53.5 Å². The van der Waals surface area contributed by atoms with Gasteiger partial charge in [-0.2, -0.15) is 0 Å². The first-order chi connectivity index (χ1) is 12.7. The number of sulfone groups is 1. The number of carbonyl (C=O) groups excluding carboxylic acids is 1. The monoisotopic (exact) mass is 398 g/mol. The van der Waals surface area contributed by atoms with Crippen LogP contribution in [-0.4, -0.2) is 38.5 Å². The highest BCUT2D eigenvalue weighted by molar-refractivity contribution is 7.90. The number of rotatable bonds is 4. The Balaban J connectivity index is 1.78.